The highest BCUT2D eigenvalue weighted by Gasteiger charge is 2.33. The van der Waals surface area contributed by atoms with Gasteiger partial charge in [0.1, 0.15) is 0 Å². The molecule has 16 heavy (non-hydrogen) atoms. The SMILES string of the molecule is CC1CC(C)CC(S(=O)(=O)CC(C)CN)C1. The largest absolute Gasteiger partial charge is 0.330 e. The van der Waals surface area contributed by atoms with E-state index in [1.807, 2.05) is 6.92 Å². The molecule has 0 bridgehead atoms. The Morgan fingerprint density at radius 3 is 2.12 bits per heavy atom. The van der Waals surface area contributed by atoms with Crippen molar-refractivity contribution in [1.82, 2.24) is 0 Å². The molecule has 96 valence electrons. The summed E-state index contributed by atoms with van der Waals surface area (Å²) in [5.74, 6) is 1.42. The van der Waals surface area contributed by atoms with Crippen LogP contribution in [0.2, 0.25) is 0 Å². The smallest absolute Gasteiger partial charge is 0.153 e. The molecule has 0 heterocycles. The van der Waals surface area contributed by atoms with E-state index in [1.54, 1.807) is 0 Å². The number of sulfone groups is 1. The summed E-state index contributed by atoms with van der Waals surface area (Å²) in [6.07, 6.45) is 2.84. The second kappa shape index (κ2) is 5.50. The van der Waals surface area contributed by atoms with E-state index >= 15 is 0 Å². The summed E-state index contributed by atoms with van der Waals surface area (Å²) in [6.45, 7) is 6.68. The van der Waals surface area contributed by atoms with Crippen molar-refractivity contribution < 1.29 is 8.42 Å². The minimum Gasteiger partial charge on any atom is -0.330 e. The van der Waals surface area contributed by atoms with Gasteiger partial charge < -0.3 is 5.73 Å². The van der Waals surface area contributed by atoms with Crippen LogP contribution in [0.1, 0.15) is 40.0 Å². The first-order valence-corrected chi connectivity index (χ1v) is 7.98. The number of hydrogen-bond donors (Lipinski definition) is 1. The van der Waals surface area contributed by atoms with Crippen LogP contribution in [0.3, 0.4) is 0 Å². The topological polar surface area (TPSA) is 60.2 Å². The van der Waals surface area contributed by atoms with E-state index in [-0.39, 0.29) is 16.9 Å². The Morgan fingerprint density at radius 2 is 1.69 bits per heavy atom. The van der Waals surface area contributed by atoms with Gasteiger partial charge >= 0.3 is 0 Å². The summed E-state index contributed by atoms with van der Waals surface area (Å²) < 4.78 is 24.4. The van der Waals surface area contributed by atoms with E-state index in [0.717, 1.165) is 12.8 Å². The van der Waals surface area contributed by atoms with Crippen LogP contribution in [0.25, 0.3) is 0 Å². The van der Waals surface area contributed by atoms with E-state index in [2.05, 4.69) is 13.8 Å². The van der Waals surface area contributed by atoms with Gasteiger partial charge in [-0.2, -0.15) is 0 Å². The van der Waals surface area contributed by atoms with E-state index in [4.69, 9.17) is 5.73 Å². The third-order valence-electron chi connectivity index (χ3n) is 3.56. The quantitative estimate of drug-likeness (QED) is 0.824. The van der Waals surface area contributed by atoms with Crippen molar-refractivity contribution in [1.29, 1.82) is 0 Å². The lowest BCUT2D eigenvalue weighted by atomic mass is 9.83. The van der Waals surface area contributed by atoms with Gasteiger partial charge in [0.2, 0.25) is 0 Å². The summed E-state index contributed by atoms with van der Waals surface area (Å²) in [7, 11) is -2.94. The second-order valence-corrected chi connectivity index (χ2v) is 8.04. The monoisotopic (exact) mass is 247 g/mol. The lowest BCUT2D eigenvalue weighted by Crippen LogP contribution is -2.35. The molecule has 2 N–H and O–H groups in total. The first-order valence-electron chi connectivity index (χ1n) is 6.26. The molecule has 0 aromatic carbocycles. The molecule has 1 aliphatic carbocycles. The third-order valence-corrected chi connectivity index (χ3v) is 6.00. The molecule has 3 atom stereocenters. The summed E-state index contributed by atoms with van der Waals surface area (Å²) in [4.78, 5) is 0. The van der Waals surface area contributed by atoms with Crippen LogP contribution in [-0.4, -0.2) is 26.0 Å². The lowest BCUT2D eigenvalue weighted by molar-refractivity contribution is 0.301. The molecule has 0 spiro atoms. The maximum absolute atomic E-state index is 12.2. The van der Waals surface area contributed by atoms with Crippen LogP contribution in [0.15, 0.2) is 0 Å². The van der Waals surface area contributed by atoms with Crippen LogP contribution >= 0.6 is 0 Å². The number of hydrogen-bond acceptors (Lipinski definition) is 3. The minimum absolute atomic E-state index is 0.0811. The van der Waals surface area contributed by atoms with E-state index in [1.165, 1.54) is 6.42 Å². The molecule has 0 aromatic rings. The van der Waals surface area contributed by atoms with Crippen molar-refractivity contribution >= 4 is 9.84 Å². The summed E-state index contributed by atoms with van der Waals surface area (Å²) in [6, 6.07) is 0. The maximum atomic E-state index is 12.2. The highest BCUT2D eigenvalue weighted by Crippen LogP contribution is 2.33. The molecule has 0 radical (unpaired) electrons. The fourth-order valence-electron chi connectivity index (χ4n) is 2.77. The number of nitrogens with two attached hydrogens (primary N) is 1. The Hall–Kier alpha value is -0.0900. The fraction of sp³-hybridized carbons (Fsp3) is 1.00. The van der Waals surface area contributed by atoms with E-state index in [0.29, 0.717) is 18.4 Å². The molecular weight excluding hydrogens is 222 g/mol. The molecule has 1 fully saturated rings. The normalized spacial score (nSPS) is 33.6. The zero-order valence-electron chi connectivity index (χ0n) is 10.6. The minimum atomic E-state index is -2.94. The van der Waals surface area contributed by atoms with Crippen LogP contribution in [0.4, 0.5) is 0 Å². The molecular formula is C12H25NO2S. The van der Waals surface area contributed by atoms with E-state index in [9.17, 15) is 8.42 Å². The summed E-state index contributed by atoms with van der Waals surface area (Å²) >= 11 is 0. The molecule has 3 unspecified atom stereocenters. The van der Waals surface area contributed by atoms with Gasteiger partial charge in [0.05, 0.1) is 11.0 Å². The Labute approximate surface area is 99.7 Å². The molecule has 3 nitrogen and oxygen atoms in total. The van der Waals surface area contributed by atoms with Crippen molar-refractivity contribution in [2.45, 2.75) is 45.3 Å². The van der Waals surface area contributed by atoms with Gasteiger partial charge in [0.25, 0.3) is 0 Å². The van der Waals surface area contributed by atoms with Crippen molar-refractivity contribution in [3.8, 4) is 0 Å². The predicted octanol–water partition coefficient (Wildman–Crippen LogP) is 1.82. The highest BCUT2D eigenvalue weighted by molar-refractivity contribution is 7.92. The average Bonchev–Trinajstić information content (AvgIpc) is 2.15. The third kappa shape index (κ3) is 3.74. The Bertz CT molecular complexity index is 303. The average molecular weight is 247 g/mol. The Kier molecular flexibility index (Phi) is 4.80. The van der Waals surface area contributed by atoms with Crippen molar-refractivity contribution in [3.63, 3.8) is 0 Å². The molecule has 1 rings (SSSR count). The van der Waals surface area contributed by atoms with Gasteiger partial charge in [0, 0.05) is 0 Å². The summed E-state index contributed by atoms with van der Waals surface area (Å²) in [5.41, 5.74) is 5.50. The van der Waals surface area contributed by atoms with E-state index < -0.39 is 9.84 Å². The first-order chi connectivity index (χ1) is 7.35. The van der Waals surface area contributed by atoms with Crippen molar-refractivity contribution in [2.75, 3.05) is 12.3 Å². The van der Waals surface area contributed by atoms with Crippen molar-refractivity contribution in [2.24, 2.45) is 23.5 Å². The fourth-order valence-corrected chi connectivity index (χ4v) is 5.21. The molecule has 0 aliphatic heterocycles. The number of rotatable bonds is 4. The lowest BCUT2D eigenvalue weighted by Gasteiger charge is -2.31. The zero-order valence-corrected chi connectivity index (χ0v) is 11.5. The van der Waals surface area contributed by atoms with Crippen LogP contribution in [0.5, 0.6) is 0 Å². The van der Waals surface area contributed by atoms with Gasteiger partial charge in [-0.15, -0.1) is 0 Å². The predicted molar refractivity (Wildman–Crippen MR) is 68.0 cm³/mol. The molecule has 0 saturated heterocycles. The van der Waals surface area contributed by atoms with Crippen LogP contribution in [-0.2, 0) is 9.84 Å². The Morgan fingerprint density at radius 1 is 1.19 bits per heavy atom. The van der Waals surface area contributed by atoms with Gasteiger partial charge in [0.15, 0.2) is 9.84 Å². The molecule has 0 aromatic heterocycles. The van der Waals surface area contributed by atoms with Crippen LogP contribution in [0, 0.1) is 17.8 Å². The molecule has 4 heteroatoms. The first kappa shape index (κ1) is 14.0. The maximum Gasteiger partial charge on any atom is 0.153 e. The van der Waals surface area contributed by atoms with Gasteiger partial charge in [-0.25, -0.2) is 8.42 Å². The van der Waals surface area contributed by atoms with Crippen LogP contribution < -0.4 is 5.73 Å². The van der Waals surface area contributed by atoms with Crippen molar-refractivity contribution in [3.05, 3.63) is 0 Å². The summed E-state index contributed by atoms with van der Waals surface area (Å²) in [5, 5.41) is -0.125. The molecule has 1 saturated carbocycles. The standard InChI is InChI=1S/C12H25NO2S/c1-9-4-10(2)6-12(5-9)16(14,15)8-11(3)7-13/h9-12H,4-8,13H2,1-3H3. The van der Waals surface area contributed by atoms with Gasteiger partial charge in [-0.05, 0) is 43.6 Å². The zero-order chi connectivity index (χ0) is 12.3. The Balaban J connectivity index is 2.67. The van der Waals surface area contributed by atoms with Gasteiger partial charge in [-0.1, -0.05) is 20.8 Å². The highest BCUT2D eigenvalue weighted by atomic mass is 32.2. The van der Waals surface area contributed by atoms with Gasteiger partial charge in [-0.3, -0.25) is 0 Å². The second-order valence-electron chi connectivity index (χ2n) is 5.71. The molecule has 0 amide bonds. The molecule has 1 aliphatic rings.